The van der Waals surface area contributed by atoms with Gasteiger partial charge in [0.1, 0.15) is 6.61 Å². The van der Waals surface area contributed by atoms with Crippen LogP contribution in [0.4, 0.5) is 0 Å². The zero-order valence-corrected chi connectivity index (χ0v) is 14.8. The molecule has 0 amide bonds. The molecule has 0 aliphatic heterocycles. The van der Waals surface area contributed by atoms with Crippen LogP contribution in [0.25, 0.3) is 0 Å². The number of nitriles is 1. The number of ketones is 2. The van der Waals surface area contributed by atoms with Crippen LogP contribution in [0.2, 0.25) is 0 Å². The Hall–Kier alpha value is -4.04. The van der Waals surface area contributed by atoms with Gasteiger partial charge in [-0.2, -0.15) is 5.26 Å². The summed E-state index contributed by atoms with van der Waals surface area (Å²) in [6, 6.07) is 22.9. The number of hydrogen-bond donors (Lipinski definition) is 0. The fraction of sp³-hybridized carbons (Fsp3) is 0.0435. The number of benzene rings is 3. The Balaban J connectivity index is 1.67. The highest BCUT2D eigenvalue weighted by atomic mass is 16.5. The van der Waals surface area contributed by atoms with Gasteiger partial charge in [-0.3, -0.25) is 9.59 Å². The fourth-order valence-electron chi connectivity index (χ4n) is 2.59. The van der Waals surface area contributed by atoms with Crippen molar-refractivity contribution in [1.29, 1.82) is 5.26 Å². The van der Waals surface area contributed by atoms with Crippen molar-refractivity contribution in [2.75, 3.05) is 0 Å². The maximum Gasteiger partial charge on any atom is 0.338 e. The Kier molecular flexibility index (Phi) is 5.73. The molecule has 0 radical (unpaired) electrons. The summed E-state index contributed by atoms with van der Waals surface area (Å²) in [6.07, 6.45) is 0. The Morgan fingerprint density at radius 2 is 1.25 bits per heavy atom. The van der Waals surface area contributed by atoms with Crippen LogP contribution in [-0.2, 0) is 11.3 Å². The van der Waals surface area contributed by atoms with Gasteiger partial charge in [0.15, 0.2) is 0 Å². The topological polar surface area (TPSA) is 84.2 Å². The third-order valence-corrected chi connectivity index (χ3v) is 4.12. The standard InChI is InChI=1S/C23H15NO4/c24-14-19-8-4-5-9-20(19)15-28-23(27)18-12-10-17(11-13-18)22(26)21(25)16-6-2-1-3-7-16/h1-13H,15H2. The van der Waals surface area contributed by atoms with E-state index < -0.39 is 17.5 Å². The van der Waals surface area contributed by atoms with Crippen molar-refractivity contribution in [3.05, 3.63) is 107 Å². The first-order chi connectivity index (χ1) is 13.6. The summed E-state index contributed by atoms with van der Waals surface area (Å²) in [5, 5.41) is 9.06. The molecular formula is C23H15NO4. The normalized spacial score (nSPS) is 9.96. The minimum atomic E-state index is -0.644. The van der Waals surface area contributed by atoms with E-state index in [1.54, 1.807) is 54.6 Å². The van der Waals surface area contributed by atoms with Gasteiger partial charge in [-0.25, -0.2) is 4.79 Å². The molecule has 0 aliphatic carbocycles. The van der Waals surface area contributed by atoms with E-state index in [2.05, 4.69) is 0 Å². The van der Waals surface area contributed by atoms with Crippen molar-refractivity contribution in [2.45, 2.75) is 6.61 Å². The van der Waals surface area contributed by atoms with Gasteiger partial charge in [0.05, 0.1) is 17.2 Å². The Labute approximate surface area is 161 Å². The van der Waals surface area contributed by atoms with Gasteiger partial charge in [-0.15, -0.1) is 0 Å². The lowest BCUT2D eigenvalue weighted by atomic mass is 10.0. The molecule has 5 nitrogen and oxygen atoms in total. The SMILES string of the molecule is N#Cc1ccccc1COC(=O)c1ccc(C(=O)C(=O)c2ccccc2)cc1. The number of rotatable bonds is 6. The van der Waals surface area contributed by atoms with Crippen LogP contribution in [0.3, 0.4) is 0 Å². The largest absolute Gasteiger partial charge is 0.457 e. The Morgan fingerprint density at radius 3 is 1.89 bits per heavy atom. The van der Waals surface area contributed by atoms with Crippen LogP contribution < -0.4 is 0 Å². The van der Waals surface area contributed by atoms with E-state index in [-0.39, 0.29) is 17.7 Å². The van der Waals surface area contributed by atoms with Crippen LogP contribution in [0.15, 0.2) is 78.9 Å². The van der Waals surface area contributed by atoms with E-state index in [1.807, 2.05) is 6.07 Å². The lowest BCUT2D eigenvalue weighted by Gasteiger charge is -2.07. The highest BCUT2D eigenvalue weighted by Gasteiger charge is 2.18. The van der Waals surface area contributed by atoms with E-state index in [4.69, 9.17) is 10.00 Å². The molecule has 0 N–H and O–H groups in total. The molecule has 0 saturated heterocycles. The molecule has 136 valence electrons. The third kappa shape index (κ3) is 4.19. The predicted octanol–water partition coefficient (Wildman–Crippen LogP) is 3.98. The lowest BCUT2D eigenvalue weighted by Crippen LogP contribution is -2.14. The van der Waals surface area contributed by atoms with Gasteiger partial charge in [-0.1, -0.05) is 60.7 Å². The molecule has 3 aromatic rings. The molecular weight excluding hydrogens is 354 g/mol. The van der Waals surface area contributed by atoms with Crippen molar-refractivity contribution in [2.24, 2.45) is 0 Å². The second-order valence-electron chi connectivity index (χ2n) is 5.95. The first-order valence-corrected chi connectivity index (χ1v) is 8.49. The summed E-state index contributed by atoms with van der Waals surface area (Å²) in [5.41, 5.74) is 1.81. The lowest BCUT2D eigenvalue weighted by molar-refractivity contribution is 0.0472. The van der Waals surface area contributed by atoms with Crippen LogP contribution in [0, 0.1) is 11.3 Å². The van der Waals surface area contributed by atoms with Gasteiger partial charge in [-0.05, 0) is 18.2 Å². The molecule has 3 rings (SSSR count). The average molecular weight is 369 g/mol. The zero-order chi connectivity index (χ0) is 19.9. The van der Waals surface area contributed by atoms with Gasteiger partial charge >= 0.3 is 5.97 Å². The summed E-state index contributed by atoms with van der Waals surface area (Å²) < 4.78 is 5.23. The summed E-state index contributed by atoms with van der Waals surface area (Å²) >= 11 is 0. The van der Waals surface area contributed by atoms with Crippen molar-refractivity contribution in [1.82, 2.24) is 0 Å². The van der Waals surface area contributed by atoms with E-state index in [0.29, 0.717) is 16.7 Å². The Bertz CT molecular complexity index is 1060. The number of ether oxygens (including phenoxy) is 1. The summed E-state index contributed by atoms with van der Waals surface area (Å²) in [7, 11) is 0. The van der Waals surface area contributed by atoms with Crippen molar-refractivity contribution < 1.29 is 19.1 Å². The van der Waals surface area contributed by atoms with Crippen molar-refractivity contribution >= 4 is 17.5 Å². The fourth-order valence-corrected chi connectivity index (χ4v) is 2.59. The second-order valence-corrected chi connectivity index (χ2v) is 5.95. The predicted molar refractivity (Wildman–Crippen MR) is 102 cm³/mol. The molecule has 0 saturated carbocycles. The molecule has 5 heteroatoms. The van der Waals surface area contributed by atoms with E-state index in [9.17, 15) is 14.4 Å². The molecule has 0 spiro atoms. The number of hydrogen-bond acceptors (Lipinski definition) is 5. The average Bonchev–Trinajstić information content (AvgIpc) is 2.77. The van der Waals surface area contributed by atoms with Crippen LogP contribution in [0.1, 0.15) is 42.2 Å². The minimum absolute atomic E-state index is 0.0320. The summed E-state index contributed by atoms with van der Waals surface area (Å²) in [6.45, 7) is -0.0320. The van der Waals surface area contributed by atoms with E-state index in [0.717, 1.165) is 0 Å². The van der Waals surface area contributed by atoms with Gasteiger partial charge in [0.25, 0.3) is 0 Å². The quantitative estimate of drug-likeness (QED) is 0.373. The molecule has 0 aromatic heterocycles. The van der Waals surface area contributed by atoms with Gasteiger partial charge in [0, 0.05) is 16.7 Å². The zero-order valence-electron chi connectivity index (χ0n) is 14.8. The monoisotopic (exact) mass is 369 g/mol. The molecule has 28 heavy (non-hydrogen) atoms. The van der Waals surface area contributed by atoms with Crippen LogP contribution in [-0.4, -0.2) is 17.5 Å². The molecule has 0 unspecified atom stereocenters. The summed E-state index contributed by atoms with van der Waals surface area (Å²) in [4.78, 5) is 36.7. The number of Topliss-reactive ketones (excluding diaryl/α,β-unsaturated/α-hetero) is 2. The molecule has 0 heterocycles. The number of nitrogens with zero attached hydrogens (tertiary/aromatic N) is 1. The first-order valence-electron chi connectivity index (χ1n) is 8.49. The maximum atomic E-state index is 12.3. The second kappa shape index (κ2) is 8.56. The number of carbonyl (C=O) groups is 3. The van der Waals surface area contributed by atoms with Gasteiger partial charge in [0.2, 0.25) is 11.6 Å². The van der Waals surface area contributed by atoms with Crippen molar-refractivity contribution in [3.8, 4) is 6.07 Å². The van der Waals surface area contributed by atoms with E-state index >= 15 is 0 Å². The summed E-state index contributed by atoms with van der Waals surface area (Å²) in [5.74, 6) is -1.83. The highest BCUT2D eigenvalue weighted by Crippen LogP contribution is 2.13. The number of esters is 1. The molecule has 3 aromatic carbocycles. The molecule has 0 fully saturated rings. The Morgan fingerprint density at radius 1 is 0.714 bits per heavy atom. The molecule has 0 aliphatic rings. The van der Waals surface area contributed by atoms with E-state index in [1.165, 1.54) is 24.3 Å². The minimum Gasteiger partial charge on any atom is -0.457 e. The maximum absolute atomic E-state index is 12.3. The third-order valence-electron chi connectivity index (χ3n) is 4.12. The first kappa shape index (κ1) is 18.7. The van der Waals surface area contributed by atoms with Crippen molar-refractivity contribution in [3.63, 3.8) is 0 Å². The molecule has 0 atom stereocenters. The molecule has 0 bridgehead atoms. The van der Waals surface area contributed by atoms with Crippen LogP contribution >= 0.6 is 0 Å². The van der Waals surface area contributed by atoms with Crippen LogP contribution in [0.5, 0.6) is 0 Å². The van der Waals surface area contributed by atoms with Gasteiger partial charge < -0.3 is 4.74 Å². The number of carbonyl (C=O) groups excluding carboxylic acids is 3. The highest BCUT2D eigenvalue weighted by molar-refractivity contribution is 6.49. The smallest absolute Gasteiger partial charge is 0.338 e.